The summed E-state index contributed by atoms with van der Waals surface area (Å²) in [6, 6.07) is 11.0. The van der Waals surface area contributed by atoms with E-state index in [4.69, 9.17) is 21.1 Å². The monoisotopic (exact) mass is 348 g/mol. The van der Waals surface area contributed by atoms with Crippen LogP contribution in [-0.4, -0.2) is 26.7 Å². The number of amides is 1. The first kappa shape index (κ1) is 17.9. The van der Waals surface area contributed by atoms with Crippen LogP contribution in [0.5, 0.6) is 11.5 Å². The second-order valence-electron chi connectivity index (χ2n) is 5.26. The molecule has 0 heterocycles. The molecule has 0 fully saturated rings. The van der Waals surface area contributed by atoms with Gasteiger partial charge in [-0.1, -0.05) is 17.7 Å². The van der Waals surface area contributed by atoms with Gasteiger partial charge >= 0.3 is 0 Å². The summed E-state index contributed by atoms with van der Waals surface area (Å²) in [5, 5.41) is 6.65. The summed E-state index contributed by atoms with van der Waals surface area (Å²) in [7, 11) is 3.18. The van der Waals surface area contributed by atoms with Crippen molar-refractivity contribution in [2.24, 2.45) is 0 Å². The Morgan fingerprint density at radius 3 is 2.42 bits per heavy atom. The van der Waals surface area contributed by atoms with E-state index in [1.807, 2.05) is 37.3 Å². The van der Waals surface area contributed by atoms with Gasteiger partial charge in [0.2, 0.25) is 5.91 Å². The molecule has 24 heavy (non-hydrogen) atoms. The molecular formula is C18H21ClN2O3. The maximum Gasteiger partial charge on any atom is 0.226 e. The van der Waals surface area contributed by atoms with Crippen LogP contribution in [0.25, 0.3) is 0 Å². The van der Waals surface area contributed by atoms with E-state index in [1.165, 1.54) is 0 Å². The topological polar surface area (TPSA) is 59.6 Å². The molecule has 2 aromatic rings. The van der Waals surface area contributed by atoms with Crippen LogP contribution in [0.3, 0.4) is 0 Å². The fourth-order valence-electron chi connectivity index (χ4n) is 2.16. The third-order valence-corrected chi connectivity index (χ3v) is 3.93. The zero-order chi connectivity index (χ0) is 17.5. The highest BCUT2D eigenvalue weighted by atomic mass is 35.5. The molecule has 6 heteroatoms. The lowest BCUT2D eigenvalue weighted by molar-refractivity contribution is -0.115. The summed E-state index contributed by atoms with van der Waals surface area (Å²) in [4.78, 5) is 12.0. The molecule has 2 rings (SSSR count). The van der Waals surface area contributed by atoms with Crippen molar-refractivity contribution < 1.29 is 14.3 Å². The van der Waals surface area contributed by atoms with Gasteiger partial charge in [-0.05, 0) is 36.8 Å². The Labute approximate surface area is 146 Å². The SMILES string of the molecule is COc1ccc(NCCC(=O)Nc2ccc(C)c(Cl)c2)cc1OC. The molecule has 0 aliphatic heterocycles. The Kier molecular flexibility index (Phi) is 6.32. The van der Waals surface area contributed by atoms with Crippen molar-refractivity contribution in [3.8, 4) is 11.5 Å². The average molecular weight is 349 g/mol. The number of rotatable bonds is 7. The number of benzene rings is 2. The molecule has 0 bridgehead atoms. The first-order chi connectivity index (χ1) is 11.5. The van der Waals surface area contributed by atoms with Crippen LogP contribution in [0.4, 0.5) is 11.4 Å². The lowest BCUT2D eigenvalue weighted by Gasteiger charge is -2.11. The number of ether oxygens (including phenoxy) is 2. The van der Waals surface area contributed by atoms with Gasteiger partial charge in [0.1, 0.15) is 0 Å². The van der Waals surface area contributed by atoms with Gasteiger partial charge in [0.05, 0.1) is 14.2 Å². The number of methoxy groups -OCH3 is 2. The first-order valence-electron chi connectivity index (χ1n) is 7.55. The standard InChI is InChI=1S/C18H21ClN2O3/c1-12-4-5-14(10-15(12)19)21-18(22)8-9-20-13-6-7-16(23-2)17(11-13)24-3/h4-7,10-11,20H,8-9H2,1-3H3,(H,21,22). The lowest BCUT2D eigenvalue weighted by Crippen LogP contribution is -2.16. The summed E-state index contributed by atoms with van der Waals surface area (Å²) in [5.74, 6) is 1.22. The first-order valence-corrected chi connectivity index (χ1v) is 7.93. The van der Waals surface area contributed by atoms with E-state index in [1.54, 1.807) is 20.3 Å². The molecule has 5 nitrogen and oxygen atoms in total. The number of carbonyl (C=O) groups excluding carboxylic acids is 1. The van der Waals surface area contributed by atoms with Crippen LogP contribution in [0, 0.1) is 6.92 Å². The number of aryl methyl sites for hydroxylation is 1. The van der Waals surface area contributed by atoms with Gasteiger partial charge in [-0.15, -0.1) is 0 Å². The summed E-state index contributed by atoms with van der Waals surface area (Å²) in [6.45, 7) is 2.42. The molecule has 1 amide bonds. The number of carbonyl (C=O) groups is 1. The van der Waals surface area contributed by atoms with Crippen LogP contribution in [0.2, 0.25) is 5.02 Å². The average Bonchev–Trinajstić information content (AvgIpc) is 2.58. The van der Waals surface area contributed by atoms with E-state index in [2.05, 4.69) is 10.6 Å². The van der Waals surface area contributed by atoms with E-state index >= 15 is 0 Å². The second-order valence-corrected chi connectivity index (χ2v) is 5.67. The van der Waals surface area contributed by atoms with Crippen LogP contribution in [0.1, 0.15) is 12.0 Å². The highest BCUT2D eigenvalue weighted by Crippen LogP contribution is 2.29. The van der Waals surface area contributed by atoms with Crippen LogP contribution < -0.4 is 20.1 Å². The summed E-state index contributed by atoms with van der Waals surface area (Å²) < 4.78 is 10.4. The maximum absolute atomic E-state index is 12.0. The second kappa shape index (κ2) is 8.45. The molecule has 0 spiro atoms. The van der Waals surface area contributed by atoms with Crippen molar-refractivity contribution in [2.75, 3.05) is 31.4 Å². The predicted molar refractivity (Wildman–Crippen MR) is 97.5 cm³/mol. The molecule has 2 N–H and O–H groups in total. The molecular weight excluding hydrogens is 328 g/mol. The van der Waals surface area contributed by atoms with Gasteiger partial charge in [0.25, 0.3) is 0 Å². The minimum absolute atomic E-state index is 0.0807. The quantitative estimate of drug-likeness (QED) is 0.790. The Morgan fingerprint density at radius 2 is 1.75 bits per heavy atom. The molecule has 0 aliphatic rings. The van der Waals surface area contributed by atoms with Crippen molar-refractivity contribution in [3.63, 3.8) is 0 Å². The molecule has 0 unspecified atom stereocenters. The van der Waals surface area contributed by atoms with Crippen molar-refractivity contribution in [2.45, 2.75) is 13.3 Å². The van der Waals surface area contributed by atoms with E-state index < -0.39 is 0 Å². The third-order valence-electron chi connectivity index (χ3n) is 3.52. The van der Waals surface area contributed by atoms with Crippen LogP contribution in [-0.2, 0) is 4.79 Å². The highest BCUT2D eigenvalue weighted by molar-refractivity contribution is 6.31. The molecule has 0 atom stereocenters. The molecule has 0 aromatic heterocycles. The van der Waals surface area contributed by atoms with Crippen LogP contribution >= 0.6 is 11.6 Å². The normalized spacial score (nSPS) is 10.2. The molecule has 128 valence electrons. The van der Waals surface area contributed by atoms with Crippen molar-refractivity contribution >= 4 is 28.9 Å². The van der Waals surface area contributed by atoms with Crippen molar-refractivity contribution in [1.29, 1.82) is 0 Å². The minimum Gasteiger partial charge on any atom is -0.493 e. The summed E-state index contributed by atoms with van der Waals surface area (Å²) in [6.07, 6.45) is 0.333. The lowest BCUT2D eigenvalue weighted by atomic mass is 10.2. The van der Waals surface area contributed by atoms with E-state index in [0.717, 1.165) is 11.3 Å². The predicted octanol–water partition coefficient (Wildman–Crippen LogP) is 4.11. The highest BCUT2D eigenvalue weighted by Gasteiger charge is 2.06. The Balaban J connectivity index is 1.85. The zero-order valence-electron chi connectivity index (χ0n) is 14.0. The van der Waals surface area contributed by atoms with Crippen LogP contribution in [0.15, 0.2) is 36.4 Å². The van der Waals surface area contributed by atoms with Gasteiger partial charge in [-0.3, -0.25) is 4.79 Å². The molecule has 0 saturated carbocycles. The number of anilines is 2. The number of nitrogens with one attached hydrogen (secondary N) is 2. The van der Waals surface area contributed by atoms with E-state index in [-0.39, 0.29) is 5.91 Å². The Morgan fingerprint density at radius 1 is 1.04 bits per heavy atom. The van der Waals surface area contributed by atoms with Crippen molar-refractivity contribution in [3.05, 3.63) is 47.0 Å². The molecule has 0 aliphatic carbocycles. The van der Waals surface area contributed by atoms with Gasteiger partial charge in [0, 0.05) is 35.4 Å². The largest absolute Gasteiger partial charge is 0.493 e. The zero-order valence-corrected chi connectivity index (χ0v) is 14.7. The van der Waals surface area contributed by atoms with Gasteiger partial charge in [-0.25, -0.2) is 0 Å². The number of hydrogen-bond acceptors (Lipinski definition) is 4. The van der Waals surface area contributed by atoms with E-state index in [0.29, 0.717) is 35.2 Å². The number of halogens is 1. The van der Waals surface area contributed by atoms with Gasteiger partial charge in [-0.2, -0.15) is 0 Å². The van der Waals surface area contributed by atoms with E-state index in [9.17, 15) is 4.79 Å². The summed E-state index contributed by atoms with van der Waals surface area (Å²) >= 11 is 6.05. The van der Waals surface area contributed by atoms with Gasteiger partial charge < -0.3 is 20.1 Å². The summed E-state index contributed by atoms with van der Waals surface area (Å²) in [5.41, 5.74) is 2.53. The third kappa shape index (κ3) is 4.80. The Bertz CT molecular complexity index is 719. The molecule has 0 saturated heterocycles. The smallest absolute Gasteiger partial charge is 0.226 e. The number of hydrogen-bond donors (Lipinski definition) is 2. The van der Waals surface area contributed by atoms with Crippen molar-refractivity contribution in [1.82, 2.24) is 0 Å². The van der Waals surface area contributed by atoms with Gasteiger partial charge in [0.15, 0.2) is 11.5 Å². The maximum atomic E-state index is 12.0. The molecule has 0 radical (unpaired) electrons. The Hall–Kier alpha value is -2.40. The fraction of sp³-hybridized carbons (Fsp3) is 0.278. The minimum atomic E-state index is -0.0807. The fourth-order valence-corrected chi connectivity index (χ4v) is 2.34. The molecule has 2 aromatic carbocycles.